The second-order valence-corrected chi connectivity index (χ2v) is 4.10. The van der Waals surface area contributed by atoms with Crippen LogP contribution in [-0.2, 0) is 9.53 Å². The van der Waals surface area contributed by atoms with Gasteiger partial charge in [0.05, 0.1) is 7.11 Å². The molecule has 0 fully saturated rings. The molecule has 0 aliphatic carbocycles. The number of rotatable bonds is 4. The lowest BCUT2D eigenvalue weighted by molar-refractivity contribution is -0.134. The molecule has 0 aliphatic heterocycles. The van der Waals surface area contributed by atoms with Crippen LogP contribution in [0.25, 0.3) is 0 Å². The fraction of sp³-hybridized carbons (Fsp3) is 0.250. The Hall–Kier alpha value is -1.22. The van der Waals surface area contributed by atoms with Crippen molar-refractivity contribution in [3.63, 3.8) is 0 Å². The molecule has 0 bridgehead atoms. The van der Waals surface area contributed by atoms with Crippen LogP contribution in [0.15, 0.2) is 46.2 Å². The van der Waals surface area contributed by atoms with Gasteiger partial charge in [0.1, 0.15) is 0 Å². The molecular weight excluding hydrogens is 208 g/mol. The third-order valence-electron chi connectivity index (χ3n) is 1.82. The fourth-order valence-electron chi connectivity index (χ4n) is 1.03. The van der Waals surface area contributed by atoms with Crippen molar-refractivity contribution >= 4 is 17.7 Å². The van der Waals surface area contributed by atoms with Crippen LogP contribution in [0.5, 0.6) is 0 Å². The van der Waals surface area contributed by atoms with E-state index in [0.29, 0.717) is 0 Å². The molecule has 0 saturated carbocycles. The Balaban J connectivity index is 2.70. The Kier molecular flexibility index (Phi) is 4.98. The molecule has 1 aromatic carbocycles. The van der Waals surface area contributed by atoms with Gasteiger partial charge in [-0.3, -0.25) is 0 Å². The lowest BCUT2D eigenvalue weighted by Crippen LogP contribution is -1.95. The molecule has 0 N–H and O–H groups in total. The van der Waals surface area contributed by atoms with Gasteiger partial charge < -0.3 is 4.74 Å². The van der Waals surface area contributed by atoms with Gasteiger partial charge in [0.25, 0.3) is 0 Å². The Bertz CT molecular complexity index is 344. The fourth-order valence-corrected chi connectivity index (χ4v) is 1.93. The molecule has 0 radical (unpaired) electrons. The smallest absolute Gasteiger partial charge is 0.331 e. The first kappa shape index (κ1) is 11.9. The van der Waals surface area contributed by atoms with Crippen LogP contribution in [0, 0.1) is 0 Å². The predicted molar refractivity (Wildman–Crippen MR) is 62.7 cm³/mol. The predicted octanol–water partition coefficient (Wildman–Crippen LogP) is 3.25. The van der Waals surface area contributed by atoms with Crippen molar-refractivity contribution < 1.29 is 9.53 Å². The number of carbonyl (C=O) groups is 1. The van der Waals surface area contributed by atoms with E-state index in [9.17, 15) is 4.79 Å². The summed E-state index contributed by atoms with van der Waals surface area (Å²) in [6, 6.07) is 9.97. The largest absolute Gasteiger partial charge is 0.466 e. The van der Waals surface area contributed by atoms with E-state index in [1.54, 1.807) is 11.8 Å². The van der Waals surface area contributed by atoms with Crippen molar-refractivity contribution in [1.29, 1.82) is 0 Å². The van der Waals surface area contributed by atoms with Gasteiger partial charge in [0, 0.05) is 11.0 Å². The van der Waals surface area contributed by atoms with E-state index in [1.807, 2.05) is 37.3 Å². The van der Waals surface area contributed by atoms with Crippen molar-refractivity contribution in [3.05, 3.63) is 41.3 Å². The van der Waals surface area contributed by atoms with E-state index in [4.69, 9.17) is 0 Å². The van der Waals surface area contributed by atoms with Crippen LogP contribution in [0.2, 0.25) is 0 Å². The monoisotopic (exact) mass is 222 g/mol. The SMILES string of the molecule is CCC(=CC(=O)OC)Sc1ccccc1. The van der Waals surface area contributed by atoms with Gasteiger partial charge in [-0.25, -0.2) is 4.79 Å². The zero-order chi connectivity index (χ0) is 11.1. The minimum Gasteiger partial charge on any atom is -0.466 e. The average Bonchev–Trinajstić information content (AvgIpc) is 2.29. The van der Waals surface area contributed by atoms with Gasteiger partial charge in [-0.05, 0) is 23.5 Å². The zero-order valence-electron chi connectivity index (χ0n) is 8.90. The lowest BCUT2D eigenvalue weighted by Gasteiger charge is -2.03. The third kappa shape index (κ3) is 4.21. The molecule has 1 rings (SSSR count). The molecule has 0 heterocycles. The molecule has 0 aromatic heterocycles. The number of hydrogen-bond acceptors (Lipinski definition) is 3. The van der Waals surface area contributed by atoms with E-state index in [1.165, 1.54) is 13.2 Å². The summed E-state index contributed by atoms with van der Waals surface area (Å²) in [5.41, 5.74) is 0. The minimum atomic E-state index is -0.296. The van der Waals surface area contributed by atoms with E-state index >= 15 is 0 Å². The molecule has 0 amide bonds. The Morgan fingerprint density at radius 1 is 1.40 bits per heavy atom. The number of thioether (sulfide) groups is 1. The van der Waals surface area contributed by atoms with Crippen LogP contribution in [0.1, 0.15) is 13.3 Å². The molecule has 0 atom stereocenters. The van der Waals surface area contributed by atoms with Gasteiger partial charge in [-0.15, -0.1) is 0 Å². The van der Waals surface area contributed by atoms with Crippen molar-refractivity contribution in [2.75, 3.05) is 7.11 Å². The molecule has 15 heavy (non-hydrogen) atoms. The highest BCUT2D eigenvalue weighted by atomic mass is 32.2. The van der Waals surface area contributed by atoms with Gasteiger partial charge >= 0.3 is 5.97 Å². The van der Waals surface area contributed by atoms with Crippen LogP contribution in [0.3, 0.4) is 0 Å². The van der Waals surface area contributed by atoms with Crippen molar-refractivity contribution in [2.45, 2.75) is 18.2 Å². The van der Waals surface area contributed by atoms with Crippen molar-refractivity contribution in [1.82, 2.24) is 0 Å². The van der Waals surface area contributed by atoms with E-state index in [2.05, 4.69) is 4.74 Å². The molecule has 0 unspecified atom stereocenters. The standard InChI is InChI=1S/C12H14O2S/c1-3-10(9-12(13)14-2)15-11-7-5-4-6-8-11/h4-9H,3H2,1-2H3. The average molecular weight is 222 g/mol. The summed E-state index contributed by atoms with van der Waals surface area (Å²) in [5.74, 6) is -0.296. The van der Waals surface area contributed by atoms with Gasteiger partial charge in [-0.2, -0.15) is 0 Å². The number of hydrogen-bond donors (Lipinski definition) is 0. The maximum Gasteiger partial charge on any atom is 0.331 e. The highest BCUT2D eigenvalue weighted by molar-refractivity contribution is 8.03. The number of methoxy groups -OCH3 is 1. The first-order chi connectivity index (χ1) is 7.26. The minimum absolute atomic E-state index is 0.296. The topological polar surface area (TPSA) is 26.3 Å². The van der Waals surface area contributed by atoms with E-state index in [-0.39, 0.29) is 5.97 Å². The van der Waals surface area contributed by atoms with Crippen LogP contribution in [0.4, 0.5) is 0 Å². The highest BCUT2D eigenvalue weighted by Crippen LogP contribution is 2.28. The number of ether oxygens (including phenoxy) is 1. The summed E-state index contributed by atoms with van der Waals surface area (Å²) in [5, 5.41) is 0. The molecule has 0 spiro atoms. The first-order valence-corrected chi connectivity index (χ1v) is 5.59. The molecule has 2 nitrogen and oxygen atoms in total. The number of benzene rings is 1. The Morgan fingerprint density at radius 2 is 2.07 bits per heavy atom. The number of carbonyl (C=O) groups excluding carboxylic acids is 1. The zero-order valence-corrected chi connectivity index (χ0v) is 9.71. The normalized spacial score (nSPS) is 11.2. The highest BCUT2D eigenvalue weighted by Gasteiger charge is 2.01. The second kappa shape index (κ2) is 6.30. The van der Waals surface area contributed by atoms with Crippen molar-refractivity contribution in [2.24, 2.45) is 0 Å². The number of esters is 1. The molecule has 80 valence electrons. The second-order valence-electron chi connectivity index (χ2n) is 2.90. The summed E-state index contributed by atoms with van der Waals surface area (Å²) in [6.45, 7) is 2.02. The molecule has 1 aromatic rings. The molecule has 0 aliphatic rings. The number of allylic oxidation sites excluding steroid dienone is 1. The quantitative estimate of drug-likeness (QED) is 0.444. The lowest BCUT2D eigenvalue weighted by atomic mass is 10.4. The summed E-state index contributed by atoms with van der Waals surface area (Å²) in [7, 11) is 1.39. The Labute approximate surface area is 94.3 Å². The van der Waals surface area contributed by atoms with Gasteiger partial charge in [-0.1, -0.05) is 36.9 Å². The molecule has 0 saturated heterocycles. The van der Waals surface area contributed by atoms with Gasteiger partial charge in [0.2, 0.25) is 0 Å². The summed E-state index contributed by atoms with van der Waals surface area (Å²) in [4.78, 5) is 13.2. The molecule has 3 heteroatoms. The summed E-state index contributed by atoms with van der Waals surface area (Å²) < 4.78 is 4.59. The van der Waals surface area contributed by atoms with Crippen LogP contribution >= 0.6 is 11.8 Å². The Morgan fingerprint density at radius 3 is 2.60 bits per heavy atom. The summed E-state index contributed by atoms with van der Waals surface area (Å²) >= 11 is 1.59. The van der Waals surface area contributed by atoms with E-state index < -0.39 is 0 Å². The first-order valence-electron chi connectivity index (χ1n) is 4.77. The maximum atomic E-state index is 11.1. The maximum absolute atomic E-state index is 11.1. The van der Waals surface area contributed by atoms with E-state index in [0.717, 1.165) is 16.2 Å². The summed E-state index contributed by atoms with van der Waals surface area (Å²) in [6.07, 6.45) is 2.37. The molecular formula is C12H14O2S. The third-order valence-corrected chi connectivity index (χ3v) is 3.00. The van der Waals surface area contributed by atoms with Gasteiger partial charge in [0.15, 0.2) is 0 Å². The van der Waals surface area contributed by atoms with Crippen molar-refractivity contribution in [3.8, 4) is 0 Å². The van der Waals surface area contributed by atoms with Crippen LogP contribution in [-0.4, -0.2) is 13.1 Å². The van der Waals surface area contributed by atoms with Crippen LogP contribution < -0.4 is 0 Å².